The summed E-state index contributed by atoms with van der Waals surface area (Å²) in [4.78, 5) is 22.9. The van der Waals surface area contributed by atoms with Crippen molar-refractivity contribution in [1.82, 2.24) is 25.7 Å². The van der Waals surface area contributed by atoms with Crippen LogP contribution in [0, 0.1) is 12.8 Å². The molecule has 1 unspecified atom stereocenters. The molecule has 0 saturated heterocycles. The molecule has 0 aromatic carbocycles. The molecule has 10 heteroatoms. The molecule has 0 saturated carbocycles. The number of ether oxygens (including phenoxy) is 1. The molecule has 29 heavy (non-hydrogen) atoms. The van der Waals surface area contributed by atoms with Gasteiger partial charge in [-0.2, -0.15) is 4.98 Å². The van der Waals surface area contributed by atoms with Crippen molar-refractivity contribution < 1.29 is 14.1 Å². The zero-order chi connectivity index (χ0) is 21.3. The first-order valence-corrected chi connectivity index (χ1v) is 9.80. The lowest BCUT2D eigenvalue weighted by Gasteiger charge is -2.28. The van der Waals surface area contributed by atoms with Crippen LogP contribution in [0.25, 0.3) is 0 Å². The standard InChI is InChI=1S/C19H36N6O3.HI/c1-9-20-17(21-12-16-22-14(4)28-24-16)25(8)11-10-15(13(2)3)23-18(26)27-19(5,6)7;/h13,15H,9-12H2,1-8H3,(H,20,21)(H,23,26);1H. The number of carbonyl (C=O) groups is 1. The van der Waals surface area contributed by atoms with Crippen molar-refractivity contribution in [3.05, 3.63) is 11.7 Å². The first-order chi connectivity index (χ1) is 13.0. The zero-order valence-electron chi connectivity index (χ0n) is 18.9. The van der Waals surface area contributed by atoms with Crippen molar-refractivity contribution in [1.29, 1.82) is 0 Å². The predicted molar refractivity (Wildman–Crippen MR) is 125 cm³/mol. The molecule has 9 nitrogen and oxygen atoms in total. The van der Waals surface area contributed by atoms with Crippen LogP contribution < -0.4 is 10.6 Å². The number of aliphatic imine (C=N–C) groups is 1. The summed E-state index contributed by atoms with van der Waals surface area (Å²) in [5, 5.41) is 10.1. The van der Waals surface area contributed by atoms with E-state index in [-0.39, 0.29) is 42.0 Å². The smallest absolute Gasteiger partial charge is 0.407 e. The maximum absolute atomic E-state index is 12.1. The number of aromatic nitrogens is 2. The number of guanidine groups is 1. The van der Waals surface area contributed by atoms with E-state index in [0.29, 0.717) is 18.3 Å². The number of hydrogen-bond donors (Lipinski definition) is 2. The van der Waals surface area contributed by atoms with Gasteiger partial charge >= 0.3 is 6.09 Å². The SMILES string of the molecule is CCNC(=NCc1noc(C)n1)N(C)CCC(NC(=O)OC(C)(C)C)C(C)C.I. The molecule has 0 aliphatic carbocycles. The summed E-state index contributed by atoms with van der Waals surface area (Å²) >= 11 is 0. The van der Waals surface area contributed by atoms with Gasteiger partial charge in [0.05, 0.1) is 0 Å². The van der Waals surface area contributed by atoms with Crippen LogP contribution in [0.15, 0.2) is 9.52 Å². The Morgan fingerprint density at radius 3 is 2.48 bits per heavy atom. The van der Waals surface area contributed by atoms with Gasteiger partial charge in [-0.1, -0.05) is 19.0 Å². The van der Waals surface area contributed by atoms with E-state index in [1.54, 1.807) is 6.92 Å². The average Bonchev–Trinajstić information content (AvgIpc) is 2.98. The summed E-state index contributed by atoms with van der Waals surface area (Å²) in [7, 11) is 1.97. The predicted octanol–water partition coefficient (Wildman–Crippen LogP) is 3.33. The van der Waals surface area contributed by atoms with Crippen LogP contribution in [0.4, 0.5) is 4.79 Å². The highest BCUT2D eigenvalue weighted by atomic mass is 127. The summed E-state index contributed by atoms with van der Waals surface area (Å²) in [5.41, 5.74) is -0.513. The molecule has 0 aliphatic heterocycles. The molecule has 1 aromatic rings. The van der Waals surface area contributed by atoms with Crippen LogP contribution in [0.1, 0.15) is 59.7 Å². The number of amides is 1. The minimum Gasteiger partial charge on any atom is -0.444 e. The lowest BCUT2D eigenvalue weighted by Crippen LogP contribution is -2.45. The normalized spacial score (nSPS) is 12.9. The molecule has 0 bridgehead atoms. The molecular formula is C19H37IN6O3. The second-order valence-electron chi connectivity index (χ2n) is 8.11. The van der Waals surface area contributed by atoms with Crippen molar-refractivity contribution >= 4 is 36.0 Å². The number of hydrogen-bond acceptors (Lipinski definition) is 6. The van der Waals surface area contributed by atoms with Crippen molar-refractivity contribution in [3.8, 4) is 0 Å². The van der Waals surface area contributed by atoms with E-state index in [1.165, 1.54) is 0 Å². The average molecular weight is 524 g/mol. The highest BCUT2D eigenvalue weighted by Crippen LogP contribution is 2.11. The monoisotopic (exact) mass is 524 g/mol. The van der Waals surface area contributed by atoms with Crippen LogP contribution in [0.2, 0.25) is 0 Å². The largest absolute Gasteiger partial charge is 0.444 e. The minimum atomic E-state index is -0.513. The molecule has 168 valence electrons. The van der Waals surface area contributed by atoms with Gasteiger partial charge in [0, 0.05) is 33.1 Å². The van der Waals surface area contributed by atoms with E-state index in [2.05, 4.69) is 39.6 Å². The first-order valence-electron chi connectivity index (χ1n) is 9.80. The van der Waals surface area contributed by atoms with Gasteiger partial charge < -0.3 is 24.8 Å². The Kier molecular flexibility index (Phi) is 12.2. The van der Waals surface area contributed by atoms with Crippen LogP contribution in [0.5, 0.6) is 0 Å². The molecule has 2 N–H and O–H groups in total. The van der Waals surface area contributed by atoms with E-state index in [9.17, 15) is 4.79 Å². The van der Waals surface area contributed by atoms with Crippen LogP contribution in [-0.4, -0.2) is 58.9 Å². The maximum atomic E-state index is 12.1. The Morgan fingerprint density at radius 1 is 1.34 bits per heavy atom. The van der Waals surface area contributed by atoms with Crippen LogP contribution in [0.3, 0.4) is 0 Å². The third-order valence-electron chi connectivity index (χ3n) is 3.92. The van der Waals surface area contributed by atoms with E-state index < -0.39 is 5.60 Å². The van der Waals surface area contributed by atoms with Gasteiger partial charge in [-0.15, -0.1) is 24.0 Å². The lowest BCUT2D eigenvalue weighted by molar-refractivity contribution is 0.0486. The van der Waals surface area contributed by atoms with Gasteiger partial charge in [0.15, 0.2) is 11.8 Å². The highest BCUT2D eigenvalue weighted by Gasteiger charge is 2.22. The van der Waals surface area contributed by atoms with Gasteiger partial charge in [0.1, 0.15) is 12.1 Å². The molecule has 0 aliphatic rings. The lowest BCUT2D eigenvalue weighted by atomic mass is 10.0. The van der Waals surface area contributed by atoms with Gasteiger partial charge in [-0.3, -0.25) is 0 Å². The molecule has 1 rings (SSSR count). The summed E-state index contributed by atoms with van der Waals surface area (Å²) < 4.78 is 10.4. The Bertz CT molecular complexity index is 642. The van der Waals surface area contributed by atoms with Crippen molar-refractivity contribution in [2.45, 2.75) is 73.1 Å². The number of nitrogens with zero attached hydrogens (tertiary/aromatic N) is 4. The molecule has 1 amide bonds. The van der Waals surface area contributed by atoms with Gasteiger partial charge in [0.25, 0.3) is 0 Å². The third-order valence-corrected chi connectivity index (χ3v) is 3.92. The fourth-order valence-electron chi connectivity index (χ4n) is 2.49. The van der Waals surface area contributed by atoms with Crippen molar-refractivity contribution in [3.63, 3.8) is 0 Å². The number of rotatable bonds is 8. The fourth-order valence-corrected chi connectivity index (χ4v) is 2.49. The molecule has 0 fully saturated rings. The summed E-state index contributed by atoms with van der Waals surface area (Å²) in [6.45, 7) is 15.3. The van der Waals surface area contributed by atoms with Gasteiger partial charge in [-0.05, 0) is 40.0 Å². The molecule has 0 radical (unpaired) electrons. The molecular weight excluding hydrogens is 487 g/mol. The second-order valence-corrected chi connectivity index (χ2v) is 8.11. The summed E-state index contributed by atoms with van der Waals surface area (Å²) in [6, 6.07) is 0.0000307. The van der Waals surface area contributed by atoms with Gasteiger partial charge in [-0.25, -0.2) is 9.79 Å². The molecule has 1 aromatic heterocycles. The second kappa shape index (κ2) is 12.9. The molecule has 1 heterocycles. The zero-order valence-corrected chi connectivity index (χ0v) is 21.2. The molecule has 0 spiro atoms. The summed E-state index contributed by atoms with van der Waals surface area (Å²) in [6.07, 6.45) is 0.376. The van der Waals surface area contributed by atoms with E-state index in [4.69, 9.17) is 9.26 Å². The molecule has 1 atom stereocenters. The fraction of sp³-hybridized carbons (Fsp3) is 0.789. The number of halogens is 1. The third kappa shape index (κ3) is 11.2. The van der Waals surface area contributed by atoms with Gasteiger partial charge in [0.2, 0.25) is 5.89 Å². The maximum Gasteiger partial charge on any atom is 0.407 e. The summed E-state index contributed by atoms with van der Waals surface area (Å²) in [5.74, 6) is 2.11. The van der Waals surface area contributed by atoms with E-state index in [0.717, 1.165) is 25.5 Å². The number of alkyl carbamates (subject to hydrolysis) is 1. The Labute approximate surface area is 191 Å². The minimum absolute atomic E-state index is 0. The van der Waals surface area contributed by atoms with E-state index >= 15 is 0 Å². The van der Waals surface area contributed by atoms with E-state index in [1.807, 2.05) is 39.6 Å². The Hall–Kier alpha value is -1.59. The first kappa shape index (κ1) is 27.4. The highest BCUT2D eigenvalue weighted by molar-refractivity contribution is 14.0. The van der Waals surface area contributed by atoms with Crippen molar-refractivity contribution in [2.75, 3.05) is 20.1 Å². The number of carbonyl (C=O) groups excluding carboxylic acids is 1. The Morgan fingerprint density at radius 2 is 2.00 bits per heavy atom. The quantitative estimate of drug-likeness (QED) is 0.305. The number of nitrogens with one attached hydrogen (secondary N) is 2. The Balaban J connectivity index is 0.00000784. The number of aryl methyl sites for hydroxylation is 1. The topological polar surface area (TPSA) is 105 Å². The van der Waals surface area contributed by atoms with Crippen molar-refractivity contribution in [2.24, 2.45) is 10.9 Å². The van der Waals surface area contributed by atoms with Crippen LogP contribution in [-0.2, 0) is 11.3 Å². The van der Waals surface area contributed by atoms with Crippen LogP contribution >= 0.6 is 24.0 Å².